The standard InChI is InChI=1S/C17H18ClN3O4/c1-2-15(23)21-5-3-4-10(8-21)17(24)20-13-7-11(18)6-12-16(13)25-9-14(22)19-12/h2,6-7,10H,1,3-5,8-9H2,(H,19,22)(H,20,24). The van der Waals surface area contributed by atoms with Crippen LogP contribution in [-0.2, 0) is 14.4 Å². The first-order valence-corrected chi connectivity index (χ1v) is 8.34. The van der Waals surface area contributed by atoms with Crippen LogP contribution in [0.25, 0.3) is 0 Å². The van der Waals surface area contributed by atoms with Crippen LogP contribution in [0, 0.1) is 5.92 Å². The molecule has 2 aliphatic rings. The number of carbonyl (C=O) groups excluding carboxylic acids is 3. The van der Waals surface area contributed by atoms with Gasteiger partial charge in [0.05, 0.1) is 17.3 Å². The maximum absolute atomic E-state index is 12.6. The van der Waals surface area contributed by atoms with Gasteiger partial charge in [-0.3, -0.25) is 14.4 Å². The Bertz CT molecular complexity index is 750. The first-order valence-electron chi connectivity index (χ1n) is 7.96. The largest absolute Gasteiger partial charge is 0.479 e. The lowest BCUT2D eigenvalue weighted by Crippen LogP contribution is -2.43. The second-order valence-electron chi connectivity index (χ2n) is 5.98. The van der Waals surface area contributed by atoms with Gasteiger partial charge >= 0.3 is 0 Å². The number of anilines is 2. The molecule has 3 rings (SSSR count). The van der Waals surface area contributed by atoms with E-state index in [4.69, 9.17) is 16.3 Å². The molecule has 0 radical (unpaired) electrons. The number of rotatable bonds is 3. The zero-order valence-corrected chi connectivity index (χ0v) is 14.3. The van der Waals surface area contributed by atoms with E-state index >= 15 is 0 Å². The minimum atomic E-state index is -0.328. The zero-order chi connectivity index (χ0) is 18.0. The average Bonchev–Trinajstić information content (AvgIpc) is 2.60. The van der Waals surface area contributed by atoms with E-state index in [0.717, 1.165) is 6.42 Å². The van der Waals surface area contributed by atoms with E-state index in [1.807, 2.05) is 0 Å². The molecule has 0 bridgehead atoms. The summed E-state index contributed by atoms with van der Waals surface area (Å²) in [5, 5.41) is 5.84. The lowest BCUT2D eigenvalue weighted by atomic mass is 9.97. The molecular formula is C17H18ClN3O4. The van der Waals surface area contributed by atoms with Crippen LogP contribution in [0.5, 0.6) is 5.75 Å². The van der Waals surface area contributed by atoms with Crippen molar-refractivity contribution in [1.82, 2.24) is 4.90 Å². The van der Waals surface area contributed by atoms with Crippen LogP contribution in [0.1, 0.15) is 12.8 Å². The minimum Gasteiger partial charge on any atom is -0.479 e. The van der Waals surface area contributed by atoms with E-state index in [-0.39, 0.29) is 30.2 Å². The third kappa shape index (κ3) is 3.76. The number of likely N-dealkylation sites (tertiary alicyclic amines) is 1. The molecule has 1 fully saturated rings. The van der Waals surface area contributed by atoms with E-state index in [0.29, 0.717) is 41.7 Å². The number of piperidine rings is 1. The summed E-state index contributed by atoms with van der Waals surface area (Å²) in [5.74, 6) is -0.620. The molecule has 1 saturated heterocycles. The second-order valence-corrected chi connectivity index (χ2v) is 6.42. The fraction of sp³-hybridized carbons (Fsp3) is 0.353. The first kappa shape index (κ1) is 17.3. The van der Waals surface area contributed by atoms with Crippen molar-refractivity contribution in [1.29, 1.82) is 0 Å². The van der Waals surface area contributed by atoms with Crippen molar-refractivity contribution in [2.75, 3.05) is 30.3 Å². The number of fused-ring (bicyclic) bond motifs is 1. The third-order valence-electron chi connectivity index (χ3n) is 4.21. The fourth-order valence-electron chi connectivity index (χ4n) is 3.01. The summed E-state index contributed by atoms with van der Waals surface area (Å²) >= 11 is 6.06. The number of nitrogens with one attached hydrogen (secondary N) is 2. The van der Waals surface area contributed by atoms with Gasteiger partial charge in [0.2, 0.25) is 11.8 Å². The van der Waals surface area contributed by atoms with Gasteiger partial charge in [0, 0.05) is 18.1 Å². The topological polar surface area (TPSA) is 87.7 Å². The molecule has 2 heterocycles. The van der Waals surface area contributed by atoms with Crippen LogP contribution in [0.3, 0.4) is 0 Å². The highest BCUT2D eigenvalue weighted by molar-refractivity contribution is 6.31. The van der Waals surface area contributed by atoms with E-state index in [1.54, 1.807) is 17.0 Å². The summed E-state index contributed by atoms with van der Waals surface area (Å²) in [6.45, 7) is 4.32. The SMILES string of the molecule is C=CC(=O)N1CCCC(C(=O)Nc2cc(Cl)cc3c2OCC(=O)N3)C1. The van der Waals surface area contributed by atoms with Crippen molar-refractivity contribution in [3.05, 3.63) is 29.8 Å². The van der Waals surface area contributed by atoms with Crippen molar-refractivity contribution < 1.29 is 19.1 Å². The molecule has 1 aromatic carbocycles. The number of hydrogen-bond donors (Lipinski definition) is 2. The summed E-state index contributed by atoms with van der Waals surface area (Å²) in [4.78, 5) is 37.4. The van der Waals surface area contributed by atoms with E-state index < -0.39 is 0 Å². The molecule has 132 valence electrons. The maximum atomic E-state index is 12.6. The predicted molar refractivity (Wildman–Crippen MR) is 93.7 cm³/mol. The molecule has 1 aromatic rings. The van der Waals surface area contributed by atoms with Gasteiger partial charge in [0.25, 0.3) is 5.91 Å². The molecular weight excluding hydrogens is 346 g/mol. The lowest BCUT2D eigenvalue weighted by Gasteiger charge is -2.31. The van der Waals surface area contributed by atoms with E-state index in [9.17, 15) is 14.4 Å². The highest BCUT2D eigenvalue weighted by Gasteiger charge is 2.29. The molecule has 7 nitrogen and oxygen atoms in total. The Morgan fingerprint density at radius 3 is 3.00 bits per heavy atom. The monoisotopic (exact) mass is 363 g/mol. The highest BCUT2D eigenvalue weighted by Crippen LogP contribution is 2.39. The summed E-state index contributed by atoms with van der Waals surface area (Å²) in [5.41, 5.74) is 0.825. The maximum Gasteiger partial charge on any atom is 0.262 e. The third-order valence-corrected chi connectivity index (χ3v) is 4.43. The quantitative estimate of drug-likeness (QED) is 0.804. The Balaban J connectivity index is 1.76. The van der Waals surface area contributed by atoms with Gasteiger partial charge in [0.15, 0.2) is 12.4 Å². The molecule has 1 atom stereocenters. The average molecular weight is 364 g/mol. The summed E-state index contributed by atoms with van der Waals surface area (Å²) < 4.78 is 5.42. The Morgan fingerprint density at radius 2 is 2.24 bits per heavy atom. The van der Waals surface area contributed by atoms with E-state index in [1.165, 1.54) is 6.08 Å². The molecule has 2 aliphatic heterocycles. The number of ether oxygens (including phenoxy) is 1. The smallest absolute Gasteiger partial charge is 0.262 e. The van der Waals surface area contributed by atoms with Crippen molar-refractivity contribution in [3.63, 3.8) is 0 Å². The Labute approximate surface area is 150 Å². The second kappa shape index (κ2) is 7.14. The van der Waals surface area contributed by atoms with E-state index in [2.05, 4.69) is 17.2 Å². The van der Waals surface area contributed by atoms with Gasteiger partial charge in [-0.25, -0.2) is 0 Å². The highest BCUT2D eigenvalue weighted by atomic mass is 35.5. The molecule has 25 heavy (non-hydrogen) atoms. The van der Waals surface area contributed by atoms with Gasteiger partial charge in [-0.1, -0.05) is 18.2 Å². The number of nitrogens with zero attached hydrogens (tertiary/aromatic N) is 1. The molecule has 1 unspecified atom stereocenters. The minimum absolute atomic E-state index is 0.122. The van der Waals surface area contributed by atoms with Crippen molar-refractivity contribution in [2.24, 2.45) is 5.92 Å². The summed E-state index contributed by atoms with van der Waals surface area (Å²) in [6, 6.07) is 3.14. The van der Waals surface area contributed by atoms with Crippen LogP contribution in [0.15, 0.2) is 24.8 Å². The predicted octanol–water partition coefficient (Wildman–Crippen LogP) is 2.03. The van der Waals surface area contributed by atoms with Crippen LogP contribution < -0.4 is 15.4 Å². The Kier molecular flexibility index (Phi) is 4.94. The zero-order valence-electron chi connectivity index (χ0n) is 13.5. The molecule has 0 saturated carbocycles. The normalized spacial score (nSPS) is 19.3. The van der Waals surface area contributed by atoms with Gasteiger partial charge in [-0.2, -0.15) is 0 Å². The van der Waals surface area contributed by atoms with Crippen molar-refractivity contribution in [2.45, 2.75) is 12.8 Å². The number of benzene rings is 1. The molecule has 8 heteroatoms. The number of amides is 3. The summed E-state index contributed by atoms with van der Waals surface area (Å²) in [6.07, 6.45) is 2.69. The van der Waals surface area contributed by atoms with Gasteiger partial charge < -0.3 is 20.3 Å². The van der Waals surface area contributed by atoms with Gasteiger partial charge in [-0.05, 0) is 31.1 Å². The van der Waals surface area contributed by atoms with Crippen molar-refractivity contribution >= 4 is 40.7 Å². The van der Waals surface area contributed by atoms with Crippen molar-refractivity contribution in [3.8, 4) is 5.75 Å². The number of carbonyl (C=O) groups is 3. The van der Waals surface area contributed by atoms with Crippen LogP contribution in [-0.4, -0.2) is 42.3 Å². The van der Waals surface area contributed by atoms with Crippen LogP contribution in [0.4, 0.5) is 11.4 Å². The van der Waals surface area contributed by atoms with Gasteiger partial charge in [-0.15, -0.1) is 0 Å². The van der Waals surface area contributed by atoms with Gasteiger partial charge in [0.1, 0.15) is 0 Å². The summed E-state index contributed by atoms with van der Waals surface area (Å²) in [7, 11) is 0. The number of hydrogen-bond acceptors (Lipinski definition) is 4. The molecule has 0 spiro atoms. The Hall–Kier alpha value is -2.54. The first-order chi connectivity index (χ1) is 12.0. The Morgan fingerprint density at radius 1 is 1.44 bits per heavy atom. The molecule has 3 amide bonds. The lowest BCUT2D eigenvalue weighted by molar-refractivity contribution is -0.130. The molecule has 0 aliphatic carbocycles. The van der Waals surface area contributed by atoms with Crippen LogP contribution >= 0.6 is 11.6 Å². The molecule has 2 N–H and O–H groups in total. The fourth-order valence-corrected chi connectivity index (χ4v) is 3.23. The number of halogens is 1. The van der Waals surface area contributed by atoms with Crippen LogP contribution in [0.2, 0.25) is 5.02 Å². The molecule has 0 aromatic heterocycles.